The average molecular weight is 320 g/mol. The van der Waals surface area contributed by atoms with Gasteiger partial charge in [0, 0.05) is 11.5 Å². The van der Waals surface area contributed by atoms with Crippen molar-refractivity contribution in [3.63, 3.8) is 0 Å². The summed E-state index contributed by atoms with van der Waals surface area (Å²) in [4.78, 5) is 12.2. The fraction of sp³-hybridized carbons (Fsp3) is 0.556. The number of rotatable bonds is 7. The zero-order valence-corrected chi connectivity index (χ0v) is 14.6. The smallest absolute Gasteiger partial charge is 0.276 e. The van der Waals surface area contributed by atoms with Crippen LogP contribution in [-0.4, -0.2) is 18.0 Å². The van der Waals surface area contributed by atoms with Crippen molar-refractivity contribution in [3.05, 3.63) is 35.6 Å². The van der Waals surface area contributed by atoms with Crippen LogP contribution in [0.25, 0.3) is 0 Å². The van der Waals surface area contributed by atoms with E-state index in [9.17, 15) is 14.4 Å². The zero-order valence-electron chi connectivity index (χ0n) is 14.6. The number of hydrogen-bond donors (Lipinski definition) is 2. The largest absolute Gasteiger partial charge is 0.333 e. The maximum absolute atomic E-state index is 13.1. The minimum atomic E-state index is -0.867. The molecule has 0 spiro atoms. The fourth-order valence-corrected chi connectivity index (χ4v) is 2.35. The molecule has 0 saturated heterocycles. The van der Waals surface area contributed by atoms with Gasteiger partial charge in [0.25, 0.3) is 5.91 Å². The van der Waals surface area contributed by atoms with E-state index in [1.807, 2.05) is 19.2 Å². The van der Waals surface area contributed by atoms with Crippen molar-refractivity contribution < 1.29 is 14.5 Å². The van der Waals surface area contributed by atoms with Gasteiger partial charge < -0.3 is 10.6 Å². The van der Waals surface area contributed by atoms with Crippen LogP contribution in [-0.2, 0) is 4.79 Å². The Morgan fingerprint density at radius 1 is 1.30 bits per heavy atom. The molecule has 0 bridgehead atoms. The van der Waals surface area contributed by atoms with Crippen LogP contribution in [0.5, 0.6) is 0 Å². The van der Waals surface area contributed by atoms with E-state index >= 15 is 0 Å². The minimum absolute atomic E-state index is 0.0226. The summed E-state index contributed by atoms with van der Waals surface area (Å²) in [7, 11) is 0. The van der Waals surface area contributed by atoms with Crippen molar-refractivity contribution >= 4 is 5.91 Å². The average Bonchev–Trinajstić information content (AvgIpc) is 2.48. The van der Waals surface area contributed by atoms with Gasteiger partial charge in [0.05, 0.1) is 6.07 Å². The van der Waals surface area contributed by atoms with E-state index in [1.54, 1.807) is 19.1 Å². The molecule has 2 atom stereocenters. The molecule has 0 heterocycles. The van der Waals surface area contributed by atoms with Crippen LogP contribution < -0.4 is 10.6 Å². The summed E-state index contributed by atoms with van der Waals surface area (Å²) in [5, 5.41) is 14.0. The Kier molecular flexibility index (Phi) is 6.71. The lowest BCUT2D eigenvalue weighted by atomic mass is 9.90. The summed E-state index contributed by atoms with van der Waals surface area (Å²) in [6, 6.07) is 8.61. The van der Waals surface area contributed by atoms with Crippen LogP contribution in [0.2, 0.25) is 0 Å². The van der Waals surface area contributed by atoms with Crippen molar-refractivity contribution in [1.82, 2.24) is 5.32 Å². The second kappa shape index (κ2) is 8.07. The van der Waals surface area contributed by atoms with Crippen molar-refractivity contribution in [3.8, 4) is 6.07 Å². The van der Waals surface area contributed by atoms with Crippen molar-refractivity contribution in [2.24, 2.45) is 11.8 Å². The molecule has 0 fully saturated rings. The Morgan fingerprint density at radius 2 is 1.87 bits per heavy atom. The molecule has 1 aromatic carbocycles. The lowest BCUT2D eigenvalue weighted by Gasteiger charge is -2.27. The molecule has 23 heavy (non-hydrogen) atoms. The highest BCUT2D eigenvalue weighted by molar-refractivity contribution is 5.78. The Hall–Kier alpha value is -1.93. The summed E-state index contributed by atoms with van der Waals surface area (Å²) in [5.41, 5.74) is 0.120. The lowest BCUT2D eigenvalue weighted by Crippen LogP contribution is -2.88. The number of benzene rings is 1. The van der Waals surface area contributed by atoms with E-state index in [0.717, 1.165) is 5.56 Å². The predicted octanol–water partition coefficient (Wildman–Crippen LogP) is 2.14. The van der Waals surface area contributed by atoms with Gasteiger partial charge in [0.1, 0.15) is 17.4 Å². The highest BCUT2D eigenvalue weighted by Gasteiger charge is 2.31. The van der Waals surface area contributed by atoms with Crippen LogP contribution in [0.4, 0.5) is 4.39 Å². The van der Waals surface area contributed by atoms with E-state index < -0.39 is 5.54 Å². The molecule has 0 radical (unpaired) electrons. The quantitative estimate of drug-likeness (QED) is 0.808. The third-order valence-electron chi connectivity index (χ3n) is 4.32. The normalized spacial score (nSPS) is 15.1. The number of carbonyl (C=O) groups is 1. The molecule has 4 nitrogen and oxygen atoms in total. The summed E-state index contributed by atoms with van der Waals surface area (Å²) in [6.45, 7) is 9.90. The number of nitrogens with zero attached hydrogens (tertiary/aromatic N) is 1. The molecule has 5 heteroatoms. The molecule has 1 amide bonds. The van der Waals surface area contributed by atoms with Crippen molar-refractivity contribution in [2.45, 2.75) is 46.2 Å². The van der Waals surface area contributed by atoms with Gasteiger partial charge in [-0.15, -0.1) is 0 Å². The fourth-order valence-electron chi connectivity index (χ4n) is 2.35. The van der Waals surface area contributed by atoms with Crippen LogP contribution in [0.3, 0.4) is 0 Å². The number of nitrogens with one attached hydrogen (secondary N) is 1. The summed E-state index contributed by atoms with van der Waals surface area (Å²) < 4.78 is 13.1. The maximum Gasteiger partial charge on any atom is 0.276 e. The van der Waals surface area contributed by atoms with E-state index in [1.165, 1.54) is 12.1 Å². The SMILES string of the molecule is CC(C)[C@H]([NH2+]CC(=O)N[C@](C)(C#N)C(C)C)c1ccc(F)cc1. The molecular weight excluding hydrogens is 293 g/mol. The number of nitrogens with two attached hydrogens (primary N) is 1. The van der Waals surface area contributed by atoms with Crippen LogP contribution in [0.1, 0.15) is 46.2 Å². The molecule has 1 rings (SSSR count). The first kappa shape index (κ1) is 19.1. The van der Waals surface area contributed by atoms with Crippen LogP contribution in [0.15, 0.2) is 24.3 Å². The monoisotopic (exact) mass is 320 g/mol. The molecule has 1 aromatic rings. The molecule has 0 unspecified atom stereocenters. The van der Waals surface area contributed by atoms with Gasteiger partial charge in [-0.25, -0.2) is 4.39 Å². The minimum Gasteiger partial charge on any atom is -0.333 e. The second-order valence-electron chi connectivity index (χ2n) is 6.78. The number of halogens is 1. The van der Waals surface area contributed by atoms with Crippen LogP contribution >= 0.6 is 0 Å². The van der Waals surface area contributed by atoms with Gasteiger partial charge in [-0.2, -0.15) is 5.26 Å². The van der Waals surface area contributed by atoms with E-state index in [4.69, 9.17) is 0 Å². The molecule has 0 aliphatic rings. The number of carbonyl (C=O) groups excluding carboxylic acids is 1. The molecule has 0 aliphatic carbocycles. The number of nitriles is 1. The summed E-state index contributed by atoms with van der Waals surface area (Å²) >= 11 is 0. The van der Waals surface area contributed by atoms with Gasteiger partial charge in [0.15, 0.2) is 6.54 Å². The highest BCUT2D eigenvalue weighted by atomic mass is 19.1. The molecule has 0 aliphatic heterocycles. The van der Waals surface area contributed by atoms with Gasteiger partial charge >= 0.3 is 0 Å². The van der Waals surface area contributed by atoms with E-state index in [-0.39, 0.29) is 30.2 Å². The van der Waals surface area contributed by atoms with Crippen LogP contribution in [0, 0.1) is 29.0 Å². The third kappa shape index (κ3) is 5.33. The first-order valence-corrected chi connectivity index (χ1v) is 8.00. The molecular formula is C18H27FN3O+. The standard InChI is InChI=1S/C18H26FN3O/c1-12(2)17(14-6-8-15(19)9-7-14)21-10-16(23)22-18(5,11-20)13(3)4/h6-9,12-13,17,21H,10H2,1-5H3,(H,22,23)/p+1/t17-,18+/m0/s1. The second-order valence-corrected chi connectivity index (χ2v) is 6.78. The number of hydrogen-bond acceptors (Lipinski definition) is 2. The first-order valence-electron chi connectivity index (χ1n) is 8.00. The van der Waals surface area contributed by atoms with Gasteiger partial charge in [-0.3, -0.25) is 4.79 Å². The van der Waals surface area contributed by atoms with Crippen molar-refractivity contribution in [2.75, 3.05) is 6.54 Å². The molecule has 0 aromatic heterocycles. The zero-order chi connectivity index (χ0) is 17.6. The maximum atomic E-state index is 13.1. The lowest BCUT2D eigenvalue weighted by molar-refractivity contribution is -0.692. The van der Waals surface area contributed by atoms with Gasteiger partial charge in [-0.05, 0) is 25.0 Å². The Bertz CT molecular complexity index is 563. The van der Waals surface area contributed by atoms with Crippen molar-refractivity contribution in [1.29, 1.82) is 5.26 Å². The molecule has 126 valence electrons. The van der Waals surface area contributed by atoms with E-state index in [0.29, 0.717) is 5.92 Å². The number of quaternary nitrogens is 1. The van der Waals surface area contributed by atoms with Gasteiger partial charge in [0.2, 0.25) is 0 Å². The first-order chi connectivity index (χ1) is 10.7. The summed E-state index contributed by atoms with van der Waals surface area (Å²) in [5.74, 6) is -0.124. The topological polar surface area (TPSA) is 69.5 Å². The Labute approximate surface area is 138 Å². The van der Waals surface area contributed by atoms with E-state index in [2.05, 4.69) is 25.2 Å². The van der Waals surface area contributed by atoms with Gasteiger partial charge in [-0.1, -0.05) is 39.8 Å². The summed E-state index contributed by atoms with van der Waals surface area (Å²) in [6.07, 6.45) is 0. The predicted molar refractivity (Wildman–Crippen MR) is 87.8 cm³/mol. The highest BCUT2D eigenvalue weighted by Crippen LogP contribution is 2.18. The third-order valence-corrected chi connectivity index (χ3v) is 4.32. The Balaban J connectivity index is 2.71. The molecule has 0 saturated carbocycles. The number of amides is 1. The molecule has 3 N–H and O–H groups in total. The Morgan fingerprint density at radius 3 is 2.30 bits per heavy atom.